The minimum absolute atomic E-state index is 0.0120. The minimum atomic E-state index is -0.620. The Kier molecular flexibility index (Phi) is 7.11. The number of nitrogens with zero attached hydrogens (tertiary/aromatic N) is 6. The van der Waals surface area contributed by atoms with Crippen molar-refractivity contribution >= 4 is 29.0 Å². The maximum atomic E-state index is 13.1. The van der Waals surface area contributed by atoms with Crippen LogP contribution in [0.1, 0.15) is 66.1 Å². The van der Waals surface area contributed by atoms with Gasteiger partial charge in [0.05, 0.1) is 12.6 Å². The van der Waals surface area contributed by atoms with Crippen molar-refractivity contribution in [3.8, 4) is 11.4 Å². The van der Waals surface area contributed by atoms with Gasteiger partial charge in [-0.15, -0.1) is 10.2 Å². The highest BCUT2D eigenvalue weighted by Gasteiger charge is 2.31. The average Bonchev–Trinajstić information content (AvgIpc) is 3.76. The first kappa shape index (κ1) is 28.6. The van der Waals surface area contributed by atoms with E-state index in [1.54, 1.807) is 30.1 Å². The molecule has 15 heteroatoms. The molecule has 230 valence electrons. The van der Waals surface area contributed by atoms with E-state index in [4.69, 9.17) is 0 Å². The highest BCUT2D eigenvalue weighted by Crippen LogP contribution is 2.34. The first-order valence-electron chi connectivity index (χ1n) is 14.5. The third-order valence-electron chi connectivity index (χ3n) is 8.33. The number of hydrogen-bond donors (Lipinski definition) is 4. The highest BCUT2D eigenvalue weighted by molar-refractivity contribution is 6.03. The molecule has 2 amide bonds. The number of fused-ring (bicyclic) bond motifs is 2. The van der Waals surface area contributed by atoms with Crippen LogP contribution in [-0.2, 0) is 19.5 Å². The normalized spacial score (nSPS) is 15.4. The summed E-state index contributed by atoms with van der Waals surface area (Å²) in [6, 6.07) is 12.2. The van der Waals surface area contributed by atoms with Gasteiger partial charge in [0.2, 0.25) is 5.82 Å². The Balaban J connectivity index is 0.997. The molecule has 15 nitrogen and oxygen atoms in total. The SMILES string of the molecule is CNc1c(N2CC(=O)c3ccc(CNC(=O)c4cc(C(=O)N[C@H]5CCc6cc(-c7nn[nH]n7)ccc65)ncn4)cc3C2)c(=O)c1=O. The van der Waals surface area contributed by atoms with E-state index in [2.05, 4.69) is 46.5 Å². The Bertz CT molecular complexity index is 2100. The van der Waals surface area contributed by atoms with Crippen LogP contribution in [0.5, 0.6) is 0 Å². The lowest BCUT2D eigenvalue weighted by Gasteiger charge is -2.31. The van der Waals surface area contributed by atoms with Crippen LogP contribution in [0.15, 0.2) is 58.4 Å². The van der Waals surface area contributed by atoms with Gasteiger partial charge in [-0.3, -0.25) is 24.0 Å². The largest absolute Gasteiger partial charge is 0.383 e. The average molecular weight is 619 g/mol. The van der Waals surface area contributed by atoms with E-state index < -0.39 is 22.7 Å². The van der Waals surface area contributed by atoms with Crippen LogP contribution in [0.3, 0.4) is 0 Å². The Labute approximate surface area is 260 Å². The molecule has 3 aromatic carbocycles. The molecule has 0 saturated carbocycles. The number of amides is 2. The summed E-state index contributed by atoms with van der Waals surface area (Å²) in [4.78, 5) is 72.7. The summed E-state index contributed by atoms with van der Waals surface area (Å²) in [5, 5.41) is 22.6. The molecular weight excluding hydrogens is 592 g/mol. The van der Waals surface area contributed by atoms with Gasteiger partial charge in [0.1, 0.15) is 29.1 Å². The summed E-state index contributed by atoms with van der Waals surface area (Å²) in [6.07, 6.45) is 2.65. The zero-order valence-electron chi connectivity index (χ0n) is 24.5. The molecule has 2 aliphatic rings. The molecule has 46 heavy (non-hydrogen) atoms. The summed E-state index contributed by atoms with van der Waals surface area (Å²) < 4.78 is 0. The fourth-order valence-electron chi connectivity index (χ4n) is 6.05. The van der Waals surface area contributed by atoms with E-state index in [-0.39, 0.29) is 54.2 Å². The van der Waals surface area contributed by atoms with Crippen molar-refractivity contribution in [3.63, 3.8) is 0 Å². The molecule has 2 aromatic heterocycles. The molecule has 0 spiro atoms. The number of tetrazole rings is 1. The number of nitrogens with one attached hydrogen (secondary N) is 4. The number of hydrogen-bond acceptors (Lipinski definition) is 12. The van der Waals surface area contributed by atoms with Crippen molar-refractivity contribution in [1.29, 1.82) is 0 Å². The van der Waals surface area contributed by atoms with Gasteiger partial charge >= 0.3 is 0 Å². The van der Waals surface area contributed by atoms with Crippen LogP contribution in [-0.4, -0.2) is 61.8 Å². The Morgan fingerprint density at radius 1 is 0.957 bits per heavy atom. The Hall–Kier alpha value is -6.12. The topological polar surface area (TPSA) is 205 Å². The van der Waals surface area contributed by atoms with Gasteiger partial charge < -0.3 is 20.9 Å². The Morgan fingerprint density at radius 2 is 1.78 bits per heavy atom. The fraction of sp³-hybridized carbons (Fsp3) is 0.226. The van der Waals surface area contributed by atoms with E-state index >= 15 is 0 Å². The van der Waals surface area contributed by atoms with Crippen molar-refractivity contribution in [3.05, 3.63) is 108 Å². The molecule has 0 radical (unpaired) electrons. The lowest BCUT2D eigenvalue weighted by atomic mass is 9.95. The summed E-state index contributed by atoms with van der Waals surface area (Å²) in [6.45, 7) is 0.374. The van der Waals surface area contributed by atoms with E-state index in [0.29, 0.717) is 23.4 Å². The fourth-order valence-corrected chi connectivity index (χ4v) is 6.05. The number of aryl methyl sites for hydroxylation is 1. The third kappa shape index (κ3) is 5.06. The molecule has 0 unspecified atom stereocenters. The number of carbonyl (C=O) groups is 3. The number of aromatic amines is 1. The maximum Gasteiger partial charge on any atom is 0.270 e. The molecule has 3 heterocycles. The number of aromatic nitrogens is 6. The highest BCUT2D eigenvalue weighted by atomic mass is 16.2. The zero-order valence-corrected chi connectivity index (χ0v) is 24.5. The number of rotatable bonds is 8. The van der Waals surface area contributed by atoms with Crippen molar-refractivity contribution in [2.24, 2.45) is 0 Å². The predicted molar refractivity (Wildman–Crippen MR) is 164 cm³/mol. The predicted octanol–water partition coefficient (Wildman–Crippen LogP) is 0.845. The minimum Gasteiger partial charge on any atom is -0.383 e. The summed E-state index contributed by atoms with van der Waals surface area (Å²) in [5.74, 6) is -0.608. The standard InChI is InChI=1S/C31H26N10O5/c1-32-25-26(28(44)27(25)43)41-12-18-8-15(2-5-20(18)24(42)13-41)11-33-30(45)22-10-23(35-14-34-22)31(46)36-21-7-4-16-9-17(3-6-19(16)21)29-37-39-40-38-29/h2-3,5-6,8-10,14,21,32H,4,7,11-13H2,1H3,(H,33,45)(H,36,46)(H,37,38,39,40)/t21-/m0/s1. The van der Waals surface area contributed by atoms with Gasteiger partial charge in [-0.2, -0.15) is 5.21 Å². The molecular formula is C31H26N10O5. The number of Topliss-reactive ketones (excluding diaryl/α,β-unsaturated/α-hetero) is 1. The van der Waals surface area contributed by atoms with Crippen LogP contribution in [0.25, 0.3) is 11.4 Å². The number of ketones is 1. The van der Waals surface area contributed by atoms with E-state index in [0.717, 1.165) is 28.7 Å². The van der Waals surface area contributed by atoms with Crippen molar-refractivity contribution < 1.29 is 14.4 Å². The smallest absolute Gasteiger partial charge is 0.270 e. The second-order valence-corrected chi connectivity index (χ2v) is 11.1. The van der Waals surface area contributed by atoms with Crippen LogP contribution in [0, 0.1) is 0 Å². The van der Waals surface area contributed by atoms with Gasteiger partial charge in [0, 0.05) is 37.3 Å². The number of carbonyl (C=O) groups excluding carboxylic acids is 3. The van der Waals surface area contributed by atoms with Crippen LogP contribution >= 0.6 is 0 Å². The van der Waals surface area contributed by atoms with Gasteiger partial charge in [0.15, 0.2) is 5.78 Å². The lowest BCUT2D eigenvalue weighted by molar-refractivity contribution is 0.0930. The third-order valence-corrected chi connectivity index (χ3v) is 8.33. The van der Waals surface area contributed by atoms with Crippen molar-refractivity contribution in [2.75, 3.05) is 23.8 Å². The molecule has 1 aliphatic heterocycles. The summed E-state index contributed by atoms with van der Waals surface area (Å²) in [7, 11) is 1.55. The van der Waals surface area contributed by atoms with E-state index in [1.807, 2.05) is 18.2 Å². The Morgan fingerprint density at radius 3 is 2.57 bits per heavy atom. The molecule has 7 rings (SSSR count). The molecule has 1 aliphatic carbocycles. The van der Waals surface area contributed by atoms with Crippen molar-refractivity contribution in [2.45, 2.75) is 32.0 Å². The maximum absolute atomic E-state index is 13.1. The summed E-state index contributed by atoms with van der Waals surface area (Å²) in [5.41, 5.74) is 4.11. The quantitative estimate of drug-likeness (QED) is 0.179. The summed E-state index contributed by atoms with van der Waals surface area (Å²) >= 11 is 0. The van der Waals surface area contributed by atoms with Crippen LogP contribution in [0.2, 0.25) is 0 Å². The molecule has 0 fully saturated rings. The molecule has 4 N–H and O–H groups in total. The van der Waals surface area contributed by atoms with Gasteiger partial charge in [-0.25, -0.2) is 9.97 Å². The number of benzene rings is 2. The monoisotopic (exact) mass is 618 g/mol. The molecule has 5 aromatic rings. The van der Waals surface area contributed by atoms with Gasteiger partial charge in [-0.05, 0) is 46.4 Å². The molecule has 1 atom stereocenters. The second-order valence-electron chi connectivity index (χ2n) is 11.1. The van der Waals surface area contributed by atoms with Crippen LogP contribution in [0.4, 0.5) is 11.4 Å². The molecule has 0 bridgehead atoms. The number of anilines is 2. The second kappa shape index (κ2) is 11.4. The van der Waals surface area contributed by atoms with E-state index in [9.17, 15) is 24.0 Å². The van der Waals surface area contributed by atoms with Gasteiger partial charge in [0.25, 0.3) is 22.7 Å². The van der Waals surface area contributed by atoms with Crippen LogP contribution < -0.4 is 31.7 Å². The number of H-pyrrole nitrogens is 1. The first-order chi connectivity index (χ1) is 22.3. The lowest BCUT2D eigenvalue weighted by Crippen LogP contribution is -2.45. The van der Waals surface area contributed by atoms with E-state index in [1.165, 1.54) is 12.4 Å². The van der Waals surface area contributed by atoms with Gasteiger partial charge in [-0.1, -0.05) is 30.3 Å². The zero-order chi connectivity index (χ0) is 31.9. The first-order valence-corrected chi connectivity index (χ1v) is 14.5. The van der Waals surface area contributed by atoms with Crippen molar-refractivity contribution in [1.82, 2.24) is 41.2 Å². The molecule has 0 saturated heterocycles.